The Morgan fingerprint density at radius 2 is 1.33 bits per heavy atom. The Hall–Kier alpha value is -4.23. The molecule has 0 aliphatic rings. The Morgan fingerprint density at radius 1 is 0.769 bits per heavy atom. The van der Waals surface area contributed by atoms with Gasteiger partial charge in [-0.15, -0.1) is 0 Å². The first-order valence-corrected chi connectivity index (χ1v) is 14.6. The number of benzene rings is 4. The van der Waals surface area contributed by atoms with Gasteiger partial charge in [0.25, 0.3) is 0 Å². The lowest BCUT2D eigenvalue weighted by atomic mass is 9.91. The molecule has 0 fully saturated rings. The highest BCUT2D eigenvalue weighted by Crippen LogP contribution is 2.27. The van der Waals surface area contributed by atoms with Crippen molar-refractivity contribution in [1.29, 1.82) is 0 Å². The molecule has 6 nitrogen and oxygen atoms in total. The van der Waals surface area contributed by atoms with Crippen LogP contribution in [0.5, 0.6) is 0 Å². The summed E-state index contributed by atoms with van der Waals surface area (Å²) >= 11 is 0. The van der Waals surface area contributed by atoms with Crippen molar-refractivity contribution in [2.45, 2.75) is 19.8 Å². The SMILES string of the molecule is CCN(C(=O)C(Cc1ccccc1-c1ccccc1)C(=O)NS(=O)(=O)CCc1ccccc1)c1ccccc1. The van der Waals surface area contributed by atoms with Crippen LogP contribution < -0.4 is 9.62 Å². The predicted octanol–water partition coefficient (Wildman–Crippen LogP) is 5.25. The van der Waals surface area contributed by atoms with Gasteiger partial charge < -0.3 is 4.90 Å². The van der Waals surface area contributed by atoms with Crippen molar-refractivity contribution in [2.75, 3.05) is 17.2 Å². The summed E-state index contributed by atoms with van der Waals surface area (Å²) < 4.78 is 28.1. The van der Waals surface area contributed by atoms with Crippen LogP contribution in [0.15, 0.2) is 115 Å². The van der Waals surface area contributed by atoms with Crippen molar-refractivity contribution in [3.63, 3.8) is 0 Å². The molecule has 200 valence electrons. The van der Waals surface area contributed by atoms with Crippen molar-refractivity contribution in [2.24, 2.45) is 5.92 Å². The van der Waals surface area contributed by atoms with E-state index in [1.165, 1.54) is 4.90 Å². The Bertz CT molecular complexity index is 1490. The van der Waals surface area contributed by atoms with Crippen LogP contribution in [0.3, 0.4) is 0 Å². The molecule has 0 saturated carbocycles. The third kappa shape index (κ3) is 7.42. The van der Waals surface area contributed by atoms with E-state index in [1.54, 1.807) is 12.1 Å². The van der Waals surface area contributed by atoms with Crippen LogP contribution in [-0.2, 0) is 32.5 Å². The summed E-state index contributed by atoms with van der Waals surface area (Å²) in [6, 6.07) is 35.6. The summed E-state index contributed by atoms with van der Waals surface area (Å²) in [4.78, 5) is 29.0. The van der Waals surface area contributed by atoms with Crippen molar-refractivity contribution in [3.05, 3.63) is 126 Å². The number of hydrogen-bond acceptors (Lipinski definition) is 4. The maximum atomic E-state index is 13.9. The van der Waals surface area contributed by atoms with E-state index >= 15 is 0 Å². The van der Waals surface area contributed by atoms with Gasteiger partial charge in [-0.25, -0.2) is 8.42 Å². The molecule has 4 rings (SSSR count). The number of amides is 2. The molecule has 1 unspecified atom stereocenters. The Morgan fingerprint density at radius 3 is 1.97 bits per heavy atom. The normalized spacial score (nSPS) is 11.9. The van der Waals surface area contributed by atoms with Gasteiger partial charge in [-0.2, -0.15) is 0 Å². The highest BCUT2D eigenvalue weighted by molar-refractivity contribution is 7.90. The van der Waals surface area contributed by atoms with Crippen molar-refractivity contribution < 1.29 is 18.0 Å². The second kappa shape index (κ2) is 13.0. The number of hydrogen-bond donors (Lipinski definition) is 1. The molecule has 0 radical (unpaired) electrons. The van der Waals surface area contributed by atoms with Crippen LogP contribution in [0.25, 0.3) is 11.1 Å². The molecule has 1 atom stereocenters. The number of nitrogens with one attached hydrogen (secondary N) is 1. The maximum absolute atomic E-state index is 13.9. The fraction of sp³-hybridized carbons (Fsp3) is 0.188. The number of para-hydroxylation sites is 1. The molecule has 0 aliphatic carbocycles. The van der Waals surface area contributed by atoms with E-state index in [0.29, 0.717) is 12.2 Å². The summed E-state index contributed by atoms with van der Waals surface area (Å²) in [5.41, 5.74) is 4.11. The fourth-order valence-electron chi connectivity index (χ4n) is 4.54. The number of aryl methyl sites for hydroxylation is 1. The molecule has 0 bridgehead atoms. The lowest BCUT2D eigenvalue weighted by molar-refractivity contribution is -0.132. The Kier molecular flexibility index (Phi) is 9.28. The van der Waals surface area contributed by atoms with Gasteiger partial charge in [0, 0.05) is 12.2 Å². The molecule has 2 amide bonds. The highest BCUT2D eigenvalue weighted by atomic mass is 32.2. The van der Waals surface area contributed by atoms with E-state index in [0.717, 1.165) is 22.3 Å². The Labute approximate surface area is 230 Å². The lowest BCUT2D eigenvalue weighted by Gasteiger charge is -2.26. The zero-order valence-electron chi connectivity index (χ0n) is 21.9. The second-order valence-corrected chi connectivity index (χ2v) is 11.1. The number of carbonyl (C=O) groups excluding carboxylic acids is 2. The van der Waals surface area contributed by atoms with Crippen molar-refractivity contribution in [1.82, 2.24) is 4.72 Å². The van der Waals surface area contributed by atoms with Crippen LogP contribution >= 0.6 is 0 Å². The summed E-state index contributed by atoms with van der Waals surface area (Å²) in [6.07, 6.45) is 0.303. The van der Waals surface area contributed by atoms with Gasteiger partial charge in [0.1, 0.15) is 5.92 Å². The molecule has 0 spiro atoms. The largest absolute Gasteiger partial charge is 0.312 e. The topological polar surface area (TPSA) is 83.6 Å². The smallest absolute Gasteiger partial charge is 0.246 e. The number of sulfonamides is 1. The maximum Gasteiger partial charge on any atom is 0.246 e. The minimum atomic E-state index is -3.98. The number of rotatable bonds is 11. The van der Waals surface area contributed by atoms with E-state index in [4.69, 9.17) is 0 Å². The first-order chi connectivity index (χ1) is 18.9. The van der Waals surface area contributed by atoms with Crippen molar-refractivity contribution in [3.8, 4) is 11.1 Å². The number of carbonyl (C=O) groups is 2. The summed E-state index contributed by atoms with van der Waals surface area (Å²) in [6.45, 7) is 2.15. The van der Waals surface area contributed by atoms with E-state index in [2.05, 4.69) is 4.72 Å². The molecule has 4 aromatic carbocycles. The van der Waals surface area contributed by atoms with E-state index < -0.39 is 27.8 Å². The van der Waals surface area contributed by atoms with Crippen LogP contribution in [0, 0.1) is 5.92 Å². The predicted molar refractivity (Wildman–Crippen MR) is 156 cm³/mol. The molecule has 39 heavy (non-hydrogen) atoms. The first kappa shape index (κ1) is 27.8. The van der Waals surface area contributed by atoms with Gasteiger partial charge in [0.15, 0.2) is 0 Å². The molecule has 1 N–H and O–H groups in total. The number of nitrogens with zero attached hydrogens (tertiary/aromatic N) is 1. The standard InChI is InChI=1S/C32H32N2O4S/c1-2-34(28-19-10-5-11-20-28)32(36)30(24-27-18-12-13-21-29(27)26-16-8-4-9-17-26)31(35)33-39(37,38)23-22-25-14-6-3-7-15-25/h3-21,30H,2,22-24H2,1H3,(H,33,35). The molecule has 0 saturated heterocycles. The molecular formula is C32H32N2O4S. The van der Waals surface area contributed by atoms with Gasteiger partial charge in [-0.05, 0) is 54.2 Å². The van der Waals surface area contributed by atoms with Crippen LogP contribution in [0.4, 0.5) is 5.69 Å². The molecule has 0 aromatic heterocycles. The summed E-state index contributed by atoms with van der Waals surface area (Å²) in [7, 11) is -3.98. The molecule has 4 aromatic rings. The van der Waals surface area contributed by atoms with Gasteiger partial charge in [0.05, 0.1) is 5.75 Å². The fourth-order valence-corrected chi connectivity index (χ4v) is 5.60. The van der Waals surface area contributed by atoms with Crippen LogP contribution in [0.2, 0.25) is 0 Å². The molecule has 7 heteroatoms. The van der Waals surface area contributed by atoms with Gasteiger partial charge >= 0.3 is 0 Å². The van der Waals surface area contributed by atoms with Crippen LogP contribution in [0.1, 0.15) is 18.1 Å². The summed E-state index contributed by atoms with van der Waals surface area (Å²) in [5.74, 6) is -2.80. The van der Waals surface area contributed by atoms with E-state index in [9.17, 15) is 18.0 Å². The van der Waals surface area contributed by atoms with E-state index in [1.807, 2.05) is 110 Å². The lowest BCUT2D eigenvalue weighted by Crippen LogP contribution is -2.47. The second-order valence-electron chi connectivity index (χ2n) is 9.22. The average molecular weight is 541 g/mol. The van der Waals surface area contributed by atoms with Gasteiger partial charge in [-0.3, -0.25) is 14.3 Å². The Balaban J connectivity index is 1.64. The highest BCUT2D eigenvalue weighted by Gasteiger charge is 2.34. The minimum Gasteiger partial charge on any atom is -0.312 e. The average Bonchev–Trinajstić information content (AvgIpc) is 2.96. The van der Waals surface area contributed by atoms with Crippen molar-refractivity contribution >= 4 is 27.5 Å². The first-order valence-electron chi connectivity index (χ1n) is 13.0. The monoisotopic (exact) mass is 540 g/mol. The molecule has 0 aliphatic heterocycles. The number of anilines is 1. The molecule has 0 heterocycles. The van der Waals surface area contributed by atoms with Crippen LogP contribution in [-0.4, -0.2) is 32.5 Å². The zero-order chi connectivity index (χ0) is 27.7. The zero-order valence-corrected chi connectivity index (χ0v) is 22.7. The quantitative estimate of drug-likeness (QED) is 0.263. The molecular weight excluding hydrogens is 508 g/mol. The van der Waals surface area contributed by atoms with E-state index in [-0.39, 0.29) is 18.6 Å². The third-order valence-electron chi connectivity index (χ3n) is 6.55. The third-order valence-corrected chi connectivity index (χ3v) is 7.80. The minimum absolute atomic E-state index is 0.0489. The van der Waals surface area contributed by atoms with Gasteiger partial charge in [0.2, 0.25) is 21.8 Å². The van der Waals surface area contributed by atoms with Gasteiger partial charge in [-0.1, -0.05) is 103 Å². The summed E-state index contributed by atoms with van der Waals surface area (Å²) in [5, 5.41) is 0.